The van der Waals surface area contributed by atoms with Crippen molar-refractivity contribution in [3.05, 3.63) is 64.2 Å². The predicted octanol–water partition coefficient (Wildman–Crippen LogP) is 3.59. The Kier molecular flexibility index (Phi) is 6.21. The summed E-state index contributed by atoms with van der Waals surface area (Å²) in [5.74, 6) is 0.111. The first kappa shape index (κ1) is 19.8. The van der Waals surface area contributed by atoms with Crippen molar-refractivity contribution in [2.45, 2.75) is 13.5 Å². The molecule has 0 spiro atoms. The normalized spacial score (nSPS) is 12.2. The second kappa shape index (κ2) is 8.80. The van der Waals surface area contributed by atoms with Gasteiger partial charge in [0.1, 0.15) is 0 Å². The van der Waals surface area contributed by atoms with Crippen molar-refractivity contribution in [1.82, 2.24) is 4.90 Å². The minimum atomic E-state index is -0.619. The minimum absolute atomic E-state index is 0.113. The van der Waals surface area contributed by atoms with Gasteiger partial charge in [0, 0.05) is 19.7 Å². The van der Waals surface area contributed by atoms with E-state index in [0.29, 0.717) is 28.6 Å². The Balaban J connectivity index is 1.51. The van der Waals surface area contributed by atoms with Gasteiger partial charge in [-0.05, 0) is 41.8 Å². The average molecular weight is 402 g/mol. The Hall–Kier alpha value is -2.99. The zero-order chi connectivity index (χ0) is 20.1. The number of rotatable bonds is 6. The maximum absolute atomic E-state index is 12.2. The number of fused-ring (bicyclic) bond motifs is 1. The summed E-state index contributed by atoms with van der Waals surface area (Å²) in [7, 11) is 1.67. The van der Waals surface area contributed by atoms with Crippen LogP contribution in [-0.4, -0.2) is 37.2 Å². The summed E-state index contributed by atoms with van der Waals surface area (Å²) in [6.07, 6.45) is 2.78. The summed E-state index contributed by atoms with van der Waals surface area (Å²) in [5, 5.41) is 0.399. The van der Waals surface area contributed by atoms with Gasteiger partial charge >= 0.3 is 5.97 Å². The number of hydrogen-bond acceptors (Lipinski definition) is 5. The van der Waals surface area contributed by atoms with Crippen molar-refractivity contribution in [3.63, 3.8) is 0 Å². The first-order valence-electron chi connectivity index (χ1n) is 8.66. The molecule has 0 unspecified atom stereocenters. The molecule has 0 fully saturated rings. The molecule has 1 aliphatic heterocycles. The number of halogens is 1. The van der Waals surface area contributed by atoms with Crippen LogP contribution in [0, 0.1) is 6.92 Å². The highest BCUT2D eigenvalue weighted by atomic mass is 35.5. The Morgan fingerprint density at radius 3 is 2.82 bits per heavy atom. The van der Waals surface area contributed by atoms with E-state index in [4.69, 9.17) is 25.8 Å². The molecule has 6 nitrogen and oxygen atoms in total. The van der Waals surface area contributed by atoms with Crippen molar-refractivity contribution in [2.75, 3.05) is 20.4 Å². The van der Waals surface area contributed by atoms with Crippen LogP contribution in [0.15, 0.2) is 42.5 Å². The summed E-state index contributed by atoms with van der Waals surface area (Å²) in [6.45, 7) is 2.23. The number of likely N-dealkylation sites (N-methyl/N-ethyl adjacent to an activating group) is 1. The molecule has 0 aliphatic carbocycles. The average Bonchev–Trinajstić information content (AvgIpc) is 3.15. The lowest BCUT2D eigenvalue weighted by Gasteiger charge is -2.18. The number of ether oxygens (including phenoxy) is 3. The van der Waals surface area contributed by atoms with Gasteiger partial charge in [0.2, 0.25) is 6.79 Å². The maximum atomic E-state index is 12.2. The second-order valence-corrected chi connectivity index (χ2v) is 6.76. The standard InChI is InChI=1S/C21H20ClNO5/c1-14-5-3-4-6-16(14)11-23(2)19(24)12-26-20(25)8-7-15-9-17(22)21-18(10-15)27-13-28-21/h3-10H,11-13H2,1-2H3/b8-7+. The predicted molar refractivity (Wildman–Crippen MR) is 105 cm³/mol. The third kappa shape index (κ3) is 4.84. The van der Waals surface area contributed by atoms with Crippen molar-refractivity contribution < 1.29 is 23.8 Å². The summed E-state index contributed by atoms with van der Waals surface area (Å²) >= 11 is 6.10. The van der Waals surface area contributed by atoms with E-state index in [1.807, 2.05) is 31.2 Å². The van der Waals surface area contributed by atoms with Crippen molar-refractivity contribution in [2.24, 2.45) is 0 Å². The molecule has 0 aromatic heterocycles. The highest BCUT2D eigenvalue weighted by Crippen LogP contribution is 2.40. The lowest BCUT2D eigenvalue weighted by molar-refractivity contribution is -0.147. The molecule has 1 amide bonds. The Labute approximate surface area is 168 Å². The van der Waals surface area contributed by atoms with E-state index in [0.717, 1.165) is 11.1 Å². The van der Waals surface area contributed by atoms with Crippen LogP contribution < -0.4 is 9.47 Å². The van der Waals surface area contributed by atoms with Gasteiger partial charge < -0.3 is 19.1 Å². The van der Waals surface area contributed by atoms with E-state index in [2.05, 4.69) is 0 Å². The molecule has 1 heterocycles. The van der Waals surface area contributed by atoms with Crippen molar-refractivity contribution in [3.8, 4) is 11.5 Å². The molecule has 146 valence electrons. The summed E-state index contributed by atoms with van der Waals surface area (Å²) in [4.78, 5) is 25.6. The van der Waals surface area contributed by atoms with Crippen LogP contribution in [0.2, 0.25) is 5.02 Å². The topological polar surface area (TPSA) is 65.1 Å². The number of amides is 1. The molecule has 0 atom stereocenters. The quantitative estimate of drug-likeness (QED) is 0.546. The third-order valence-electron chi connectivity index (χ3n) is 4.29. The Morgan fingerprint density at radius 1 is 1.25 bits per heavy atom. The summed E-state index contributed by atoms with van der Waals surface area (Å²) < 4.78 is 15.5. The highest BCUT2D eigenvalue weighted by molar-refractivity contribution is 6.32. The smallest absolute Gasteiger partial charge is 0.331 e. The number of carbonyl (C=O) groups excluding carboxylic acids is 2. The lowest BCUT2D eigenvalue weighted by Crippen LogP contribution is -2.30. The maximum Gasteiger partial charge on any atom is 0.331 e. The molecule has 28 heavy (non-hydrogen) atoms. The largest absolute Gasteiger partial charge is 0.454 e. The molecule has 0 radical (unpaired) electrons. The monoisotopic (exact) mass is 401 g/mol. The van der Waals surface area contributed by atoms with Gasteiger partial charge in [-0.3, -0.25) is 4.79 Å². The zero-order valence-electron chi connectivity index (χ0n) is 15.6. The second-order valence-electron chi connectivity index (χ2n) is 6.35. The fraction of sp³-hybridized carbons (Fsp3) is 0.238. The van der Waals surface area contributed by atoms with Crippen LogP contribution >= 0.6 is 11.6 Å². The molecule has 0 saturated heterocycles. The van der Waals surface area contributed by atoms with E-state index in [1.54, 1.807) is 19.2 Å². The minimum Gasteiger partial charge on any atom is -0.454 e. The van der Waals surface area contributed by atoms with Crippen LogP contribution in [0.4, 0.5) is 0 Å². The van der Waals surface area contributed by atoms with Crippen LogP contribution in [-0.2, 0) is 20.9 Å². The molecular weight excluding hydrogens is 382 g/mol. The fourth-order valence-electron chi connectivity index (χ4n) is 2.67. The lowest BCUT2D eigenvalue weighted by atomic mass is 10.1. The van der Waals surface area contributed by atoms with Crippen LogP contribution in [0.25, 0.3) is 6.08 Å². The van der Waals surface area contributed by atoms with Gasteiger partial charge in [0.25, 0.3) is 5.91 Å². The van der Waals surface area contributed by atoms with E-state index in [1.165, 1.54) is 17.1 Å². The van der Waals surface area contributed by atoms with Gasteiger partial charge in [0.05, 0.1) is 5.02 Å². The molecular formula is C21H20ClNO5. The molecule has 2 aromatic rings. The van der Waals surface area contributed by atoms with Gasteiger partial charge in [-0.25, -0.2) is 4.79 Å². The fourth-order valence-corrected chi connectivity index (χ4v) is 2.94. The van der Waals surface area contributed by atoms with Crippen molar-refractivity contribution in [1.29, 1.82) is 0 Å². The number of esters is 1. The molecule has 0 N–H and O–H groups in total. The van der Waals surface area contributed by atoms with E-state index >= 15 is 0 Å². The van der Waals surface area contributed by atoms with E-state index < -0.39 is 5.97 Å². The van der Waals surface area contributed by atoms with Gasteiger partial charge in [0.15, 0.2) is 18.1 Å². The number of carbonyl (C=O) groups is 2. The van der Waals surface area contributed by atoms with Gasteiger partial charge in [-0.2, -0.15) is 0 Å². The molecule has 7 heteroatoms. The van der Waals surface area contributed by atoms with Crippen LogP contribution in [0.3, 0.4) is 0 Å². The number of benzene rings is 2. The first-order chi connectivity index (χ1) is 13.4. The van der Waals surface area contributed by atoms with Gasteiger partial charge in [-0.1, -0.05) is 35.9 Å². The van der Waals surface area contributed by atoms with Gasteiger partial charge in [-0.15, -0.1) is 0 Å². The number of nitrogens with zero attached hydrogens (tertiary/aromatic N) is 1. The highest BCUT2D eigenvalue weighted by Gasteiger charge is 2.18. The molecule has 1 aliphatic rings. The van der Waals surface area contributed by atoms with E-state index in [9.17, 15) is 9.59 Å². The first-order valence-corrected chi connectivity index (χ1v) is 9.04. The molecule has 2 aromatic carbocycles. The molecule has 3 rings (SSSR count). The molecule has 0 saturated carbocycles. The Bertz CT molecular complexity index is 925. The number of aryl methyl sites for hydroxylation is 1. The van der Waals surface area contributed by atoms with E-state index in [-0.39, 0.29) is 19.3 Å². The zero-order valence-corrected chi connectivity index (χ0v) is 16.4. The number of hydrogen-bond donors (Lipinski definition) is 0. The third-order valence-corrected chi connectivity index (χ3v) is 4.57. The Morgan fingerprint density at radius 2 is 2.04 bits per heavy atom. The van der Waals surface area contributed by atoms with Crippen molar-refractivity contribution >= 4 is 29.6 Å². The van der Waals surface area contributed by atoms with Crippen LogP contribution in [0.1, 0.15) is 16.7 Å². The SMILES string of the molecule is Cc1ccccc1CN(C)C(=O)COC(=O)/C=C/c1cc(Cl)c2c(c1)OCO2. The molecule has 0 bridgehead atoms. The van der Waals surface area contributed by atoms with Crippen LogP contribution in [0.5, 0.6) is 11.5 Å². The summed E-state index contributed by atoms with van der Waals surface area (Å²) in [5.41, 5.74) is 2.81. The summed E-state index contributed by atoms with van der Waals surface area (Å²) in [6, 6.07) is 11.2.